The number of ether oxygens (including phenoxy) is 1. The van der Waals surface area contributed by atoms with Gasteiger partial charge in [-0.3, -0.25) is 14.9 Å². The SMILES string of the molecule is CC(C)(C)NC(=O)NC(=O)COC(=O)[C@H](Cc1ccccc1)NC(=O)c1ccccc1. The van der Waals surface area contributed by atoms with Crippen LogP contribution >= 0.6 is 0 Å². The lowest BCUT2D eigenvalue weighted by Crippen LogP contribution is -2.49. The quantitative estimate of drug-likeness (QED) is 0.589. The van der Waals surface area contributed by atoms with E-state index in [1.807, 2.05) is 30.3 Å². The standard InChI is InChI=1S/C23H27N3O5/c1-23(2,3)26-22(30)25-19(27)15-31-21(29)18(14-16-10-6-4-7-11-16)24-20(28)17-12-8-5-9-13-17/h4-13,18H,14-15H2,1-3H3,(H,24,28)(H2,25,26,27,30)/t18-/m0/s1. The van der Waals surface area contributed by atoms with Crippen LogP contribution in [-0.2, 0) is 20.7 Å². The molecule has 0 unspecified atom stereocenters. The molecule has 2 rings (SSSR count). The smallest absolute Gasteiger partial charge is 0.329 e. The minimum atomic E-state index is -1.01. The number of hydrogen-bond acceptors (Lipinski definition) is 5. The minimum Gasteiger partial charge on any atom is -0.454 e. The van der Waals surface area contributed by atoms with Gasteiger partial charge in [-0.1, -0.05) is 48.5 Å². The van der Waals surface area contributed by atoms with Crippen LogP contribution in [0.25, 0.3) is 0 Å². The largest absolute Gasteiger partial charge is 0.454 e. The zero-order valence-electron chi connectivity index (χ0n) is 17.8. The first kappa shape index (κ1) is 23.6. The van der Waals surface area contributed by atoms with Crippen molar-refractivity contribution in [2.75, 3.05) is 6.61 Å². The van der Waals surface area contributed by atoms with Crippen LogP contribution in [0.1, 0.15) is 36.7 Å². The van der Waals surface area contributed by atoms with E-state index < -0.39 is 42.0 Å². The summed E-state index contributed by atoms with van der Waals surface area (Å²) in [6, 6.07) is 15.9. The number of hydrogen-bond donors (Lipinski definition) is 3. The summed E-state index contributed by atoms with van der Waals surface area (Å²) in [5.41, 5.74) is 0.681. The highest BCUT2D eigenvalue weighted by Crippen LogP contribution is 2.07. The number of carbonyl (C=O) groups is 4. The molecule has 0 saturated carbocycles. The van der Waals surface area contributed by atoms with Crippen LogP contribution in [0.2, 0.25) is 0 Å². The summed E-state index contributed by atoms with van der Waals surface area (Å²) in [7, 11) is 0. The van der Waals surface area contributed by atoms with Gasteiger partial charge in [0, 0.05) is 17.5 Å². The van der Waals surface area contributed by atoms with Gasteiger partial charge in [0.25, 0.3) is 11.8 Å². The van der Waals surface area contributed by atoms with Gasteiger partial charge in [0.1, 0.15) is 6.04 Å². The van der Waals surface area contributed by atoms with E-state index >= 15 is 0 Å². The van der Waals surface area contributed by atoms with Crippen molar-refractivity contribution in [2.45, 2.75) is 38.8 Å². The maximum absolute atomic E-state index is 12.6. The van der Waals surface area contributed by atoms with E-state index in [9.17, 15) is 19.2 Å². The highest BCUT2D eigenvalue weighted by Gasteiger charge is 2.25. The molecule has 0 aromatic heterocycles. The zero-order valence-corrected chi connectivity index (χ0v) is 17.8. The number of esters is 1. The molecule has 31 heavy (non-hydrogen) atoms. The molecule has 8 nitrogen and oxygen atoms in total. The molecule has 0 heterocycles. The Morgan fingerprint density at radius 3 is 2.06 bits per heavy atom. The summed E-state index contributed by atoms with van der Waals surface area (Å²) < 4.78 is 5.06. The van der Waals surface area contributed by atoms with Gasteiger partial charge in [-0.05, 0) is 38.5 Å². The molecular formula is C23H27N3O5. The number of urea groups is 1. The van der Waals surface area contributed by atoms with E-state index in [1.165, 1.54) is 0 Å². The van der Waals surface area contributed by atoms with E-state index in [1.54, 1.807) is 51.1 Å². The molecule has 3 N–H and O–H groups in total. The summed E-state index contributed by atoms with van der Waals surface area (Å²) in [6.45, 7) is 4.64. The summed E-state index contributed by atoms with van der Waals surface area (Å²) in [6.07, 6.45) is 0.185. The summed E-state index contributed by atoms with van der Waals surface area (Å²) in [4.78, 5) is 48.8. The van der Waals surface area contributed by atoms with Crippen molar-refractivity contribution in [1.82, 2.24) is 16.0 Å². The van der Waals surface area contributed by atoms with Crippen LogP contribution in [-0.4, -0.2) is 42.0 Å². The van der Waals surface area contributed by atoms with Crippen LogP contribution in [0.3, 0.4) is 0 Å². The van der Waals surface area contributed by atoms with E-state index in [0.717, 1.165) is 5.56 Å². The molecule has 164 valence electrons. The number of rotatable bonds is 7. The summed E-state index contributed by atoms with van der Waals surface area (Å²) in [5, 5.41) is 7.32. The average Bonchev–Trinajstić information content (AvgIpc) is 2.71. The number of carbonyl (C=O) groups excluding carboxylic acids is 4. The van der Waals surface area contributed by atoms with E-state index in [2.05, 4.69) is 16.0 Å². The van der Waals surface area contributed by atoms with Crippen molar-refractivity contribution in [3.63, 3.8) is 0 Å². The summed E-state index contributed by atoms with van der Waals surface area (Å²) >= 11 is 0. The van der Waals surface area contributed by atoms with Gasteiger partial charge >= 0.3 is 12.0 Å². The van der Waals surface area contributed by atoms with Crippen molar-refractivity contribution in [1.29, 1.82) is 0 Å². The van der Waals surface area contributed by atoms with E-state index in [0.29, 0.717) is 5.56 Å². The van der Waals surface area contributed by atoms with Gasteiger partial charge < -0.3 is 15.4 Å². The molecule has 0 radical (unpaired) electrons. The Balaban J connectivity index is 1.99. The molecule has 2 aromatic rings. The van der Waals surface area contributed by atoms with Gasteiger partial charge in [0.2, 0.25) is 0 Å². The molecule has 1 atom stereocenters. The third kappa shape index (κ3) is 8.69. The Morgan fingerprint density at radius 1 is 0.903 bits per heavy atom. The van der Waals surface area contributed by atoms with Gasteiger partial charge in [0.15, 0.2) is 6.61 Å². The maximum Gasteiger partial charge on any atom is 0.329 e. The molecule has 8 heteroatoms. The van der Waals surface area contributed by atoms with Crippen molar-refractivity contribution < 1.29 is 23.9 Å². The maximum atomic E-state index is 12.6. The monoisotopic (exact) mass is 425 g/mol. The lowest BCUT2D eigenvalue weighted by Gasteiger charge is -2.20. The van der Waals surface area contributed by atoms with E-state index in [-0.39, 0.29) is 6.42 Å². The lowest BCUT2D eigenvalue weighted by molar-refractivity contribution is -0.150. The van der Waals surface area contributed by atoms with E-state index in [4.69, 9.17) is 4.74 Å². The van der Waals surface area contributed by atoms with Gasteiger partial charge in [-0.25, -0.2) is 9.59 Å². The average molecular weight is 425 g/mol. The third-order valence-corrected chi connectivity index (χ3v) is 4.00. The molecule has 0 aliphatic heterocycles. The molecule has 0 saturated heterocycles. The Labute approximate surface area is 181 Å². The Morgan fingerprint density at radius 2 is 1.48 bits per heavy atom. The van der Waals surface area contributed by atoms with Crippen molar-refractivity contribution in [3.8, 4) is 0 Å². The number of benzene rings is 2. The number of imide groups is 1. The Kier molecular flexibility index (Phi) is 8.31. The van der Waals surface area contributed by atoms with Crippen LogP contribution in [0.4, 0.5) is 4.79 Å². The highest BCUT2D eigenvalue weighted by molar-refractivity contribution is 5.98. The van der Waals surface area contributed by atoms with Crippen LogP contribution in [0.15, 0.2) is 60.7 Å². The fraction of sp³-hybridized carbons (Fsp3) is 0.304. The molecule has 0 bridgehead atoms. The fourth-order valence-electron chi connectivity index (χ4n) is 2.65. The molecule has 0 spiro atoms. The normalized spacial score (nSPS) is 11.7. The molecule has 2 aromatic carbocycles. The number of amides is 4. The van der Waals surface area contributed by atoms with Crippen LogP contribution in [0, 0.1) is 0 Å². The fourth-order valence-corrected chi connectivity index (χ4v) is 2.65. The topological polar surface area (TPSA) is 114 Å². The minimum absolute atomic E-state index is 0.185. The number of nitrogens with one attached hydrogen (secondary N) is 3. The molecule has 0 aliphatic rings. The first-order chi connectivity index (χ1) is 14.6. The Hall–Kier alpha value is -3.68. The van der Waals surface area contributed by atoms with Gasteiger partial charge in [0.05, 0.1) is 0 Å². The second kappa shape index (κ2) is 10.9. The van der Waals surface area contributed by atoms with Crippen LogP contribution < -0.4 is 16.0 Å². The van der Waals surface area contributed by atoms with Crippen molar-refractivity contribution in [3.05, 3.63) is 71.8 Å². The second-order valence-electron chi connectivity index (χ2n) is 7.94. The molecule has 0 fully saturated rings. The van der Waals surface area contributed by atoms with Crippen LogP contribution in [0.5, 0.6) is 0 Å². The molecule has 0 aliphatic carbocycles. The Bertz CT molecular complexity index is 908. The predicted octanol–water partition coefficient (Wildman–Crippen LogP) is 2.20. The third-order valence-electron chi connectivity index (χ3n) is 4.00. The lowest BCUT2D eigenvalue weighted by atomic mass is 10.1. The first-order valence-electron chi connectivity index (χ1n) is 9.82. The predicted molar refractivity (Wildman–Crippen MR) is 115 cm³/mol. The molecule has 4 amide bonds. The van der Waals surface area contributed by atoms with Gasteiger partial charge in [-0.2, -0.15) is 0 Å². The second-order valence-corrected chi connectivity index (χ2v) is 7.94. The van der Waals surface area contributed by atoms with Gasteiger partial charge in [-0.15, -0.1) is 0 Å². The van der Waals surface area contributed by atoms with Crippen molar-refractivity contribution >= 4 is 23.8 Å². The summed E-state index contributed by atoms with van der Waals surface area (Å²) in [5.74, 6) is -1.99. The van der Waals surface area contributed by atoms with Crippen molar-refractivity contribution in [2.24, 2.45) is 0 Å². The molecular weight excluding hydrogens is 398 g/mol. The first-order valence-corrected chi connectivity index (χ1v) is 9.82. The zero-order chi connectivity index (χ0) is 22.9. The highest BCUT2D eigenvalue weighted by atomic mass is 16.5.